The summed E-state index contributed by atoms with van der Waals surface area (Å²) in [6.45, 7) is 1.56. The van der Waals surface area contributed by atoms with Crippen LogP contribution in [-0.2, 0) is 0 Å². The molecule has 90 valence electrons. The van der Waals surface area contributed by atoms with Crippen LogP contribution in [0.1, 0.15) is 17.9 Å². The number of aliphatic hydroxyl groups is 1. The van der Waals surface area contributed by atoms with Crippen molar-refractivity contribution in [1.82, 2.24) is 4.98 Å². The molecule has 0 aliphatic heterocycles. The fourth-order valence-corrected chi connectivity index (χ4v) is 2.13. The average Bonchev–Trinajstić information content (AvgIpc) is 2.74. The van der Waals surface area contributed by atoms with Gasteiger partial charge in [0.2, 0.25) is 0 Å². The zero-order valence-electron chi connectivity index (χ0n) is 8.75. The minimum Gasteiger partial charge on any atom is -0.388 e. The van der Waals surface area contributed by atoms with Gasteiger partial charge in [0.05, 0.1) is 11.0 Å². The van der Waals surface area contributed by atoms with Crippen LogP contribution >= 0.6 is 11.3 Å². The normalized spacial score (nSPS) is 12.8. The molecule has 0 saturated heterocycles. The third-order valence-corrected chi connectivity index (χ3v) is 3.38. The molecule has 1 N–H and O–H groups in total. The molecule has 0 fully saturated rings. The molecule has 2 aromatic rings. The van der Waals surface area contributed by atoms with Crippen LogP contribution in [-0.4, -0.2) is 10.1 Å². The molecule has 0 spiro atoms. The molecule has 0 amide bonds. The summed E-state index contributed by atoms with van der Waals surface area (Å²) >= 11 is 1.10. The Morgan fingerprint density at radius 2 is 1.82 bits per heavy atom. The maximum absolute atomic E-state index is 13.0. The van der Waals surface area contributed by atoms with Gasteiger partial charge in [0.25, 0.3) is 0 Å². The third kappa shape index (κ3) is 2.32. The maximum Gasteiger partial charge on any atom is 0.194 e. The fourth-order valence-electron chi connectivity index (χ4n) is 1.29. The predicted octanol–water partition coefficient (Wildman–Crippen LogP) is 3.28. The lowest BCUT2D eigenvalue weighted by atomic mass is 10.2. The van der Waals surface area contributed by atoms with Gasteiger partial charge in [-0.3, -0.25) is 0 Å². The minimum absolute atomic E-state index is 0.151. The van der Waals surface area contributed by atoms with E-state index in [-0.39, 0.29) is 5.56 Å². The number of aromatic nitrogens is 1. The van der Waals surface area contributed by atoms with Gasteiger partial charge < -0.3 is 5.11 Å². The summed E-state index contributed by atoms with van der Waals surface area (Å²) in [5.41, 5.74) is 0.151. The van der Waals surface area contributed by atoms with Crippen LogP contribution in [0.2, 0.25) is 0 Å². The van der Waals surface area contributed by atoms with Crippen LogP contribution in [0, 0.1) is 17.5 Å². The molecule has 17 heavy (non-hydrogen) atoms. The van der Waals surface area contributed by atoms with Gasteiger partial charge in [-0.05, 0) is 19.1 Å². The van der Waals surface area contributed by atoms with Gasteiger partial charge in [-0.15, -0.1) is 11.3 Å². The summed E-state index contributed by atoms with van der Waals surface area (Å²) in [5.74, 6) is -4.01. The molecule has 1 unspecified atom stereocenters. The van der Waals surface area contributed by atoms with Crippen molar-refractivity contribution < 1.29 is 18.3 Å². The molecule has 0 aliphatic rings. The van der Waals surface area contributed by atoms with E-state index >= 15 is 0 Å². The number of benzene rings is 1. The molecule has 0 radical (unpaired) electrons. The molecule has 2 rings (SSSR count). The number of nitrogens with zero attached hydrogens (tertiary/aromatic N) is 1. The highest BCUT2D eigenvalue weighted by Gasteiger charge is 2.14. The first-order chi connectivity index (χ1) is 7.99. The second-order valence-corrected chi connectivity index (χ2v) is 4.56. The SMILES string of the molecule is CC(O)c1cnc(-c2cc(F)c(F)c(F)c2)s1. The Labute approximate surface area is 99.4 Å². The quantitative estimate of drug-likeness (QED) is 0.839. The topological polar surface area (TPSA) is 33.1 Å². The van der Waals surface area contributed by atoms with Gasteiger partial charge in [0, 0.05) is 11.8 Å². The monoisotopic (exact) mass is 259 g/mol. The summed E-state index contributed by atoms with van der Waals surface area (Å²) in [6.07, 6.45) is 0.723. The van der Waals surface area contributed by atoms with Gasteiger partial charge >= 0.3 is 0 Å². The lowest BCUT2D eigenvalue weighted by molar-refractivity contribution is 0.203. The Hall–Kier alpha value is -1.40. The number of rotatable bonds is 2. The van der Waals surface area contributed by atoms with E-state index < -0.39 is 23.6 Å². The molecular formula is C11H8F3NOS. The van der Waals surface area contributed by atoms with Crippen molar-refractivity contribution in [2.75, 3.05) is 0 Å². The smallest absolute Gasteiger partial charge is 0.194 e. The van der Waals surface area contributed by atoms with Crippen LogP contribution in [0.4, 0.5) is 13.2 Å². The number of halogens is 3. The summed E-state index contributed by atoms with van der Waals surface area (Å²) in [6, 6.07) is 1.76. The van der Waals surface area contributed by atoms with Crippen LogP contribution in [0.25, 0.3) is 10.6 Å². The molecule has 2 nitrogen and oxygen atoms in total. The van der Waals surface area contributed by atoms with E-state index in [2.05, 4.69) is 4.98 Å². The second-order valence-electron chi connectivity index (χ2n) is 3.50. The van der Waals surface area contributed by atoms with Gasteiger partial charge in [-0.25, -0.2) is 18.2 Å². The van der Waals surface area contributed by atoms with Gasteiger partial charge in [-0.2, -0.15) is 0 Å². The van der Waals surface area contributed by atoms with Crippen molar-refractivity contribution in [3.8, 4) is 10.6 Å². The van der Waals surface area contributed by atoms with Gasteiger partial charge in [0.1, 0.15) is 5.01 Å². The summed E-state index contributed by atoms with van der Waals surface area (Å²) < 4.78 is 38.8. The molecule has 0 saturated carbocycles. The van der Waals surface area contributed by atoms with E-state index in [1.165, 1.54) is 6.20 Å². The van der Waals surface area contributed by atoms with E-state index in [1.54, 1.807) is 6.92 Å². The van der Waals surface area contributed by atoms with E-state index in [4.69, 9.17) is 0 Å². The Kier molecular flexibility index (Phi) is 3.17. The largest absolute Gasteiger partial charge is 0.388 e. The summed E-state index contributed by atoms with van der Waals surface area (Å²) in [5, 5.41) is 9.63. The van der Waals surface area contributed by atoms with E-state index in [0.717, 1.165) is 23.5 Å². The molecule has 0 aliphatic carbocycles. The van der Waals surface area contributed by atoms with Gasteiger partial charge in [-0.1, -0.05) is 0 Å². The van der Waals surface area contributed by atoms with Crippen molar-refractivity contribution in [2.24, 2.45) is 0 Å². The third-order valence-electron chi connectivity index (χ3n) is 2.17. The lowest BCUT2D eigenvalue weighted by Crippen LogP contribution is -1.91. The fraction of sp³-hybridized carbons (Fsp3) is 0.182. The number of aliphatic hydroxyl groups excluding tert-OH is 1. The molecule has 1 aromatic heterocycles. The molecule has 1 aromatic carbocycles. The second kappa shape index (κ2) is 4.46. The highest BCUT2D eigenvalue weighted by Crippen LogP contribution is 2.30. The number of hydrogen-bond acceptors (Lipinski definition) is 3. The van der Waals surface area contributed by atoms with E-state index in [0.29, 0.717) is 9.88 Å². The molecule has 1 heterocycles. The first-order valence-electron chi connectivity index (χ1n) is 4.77. The van der Waals surface area contributed by atoms with Crippen LogP contribution in [0.3, 0.4) is 0 Å². The minimum atomic E-state index is -1.50. The van der Waals surface area contributed by atoms with Crippen LogP contribution in [0.15, 0.2) is 18.3 Å². The Morgan fingerprint density at radius 3 is 2.29 bits per heavy atom. The Balaban J connectivity index is 2.46. The highest BCUT2D eigenvalue weighted by atomic mass is 32.1. The summed E-state index contributed by atoms with van der Waals surface area (Å²) in [7, 11) is 0. The van der Waals surface area contributed by atoms with Crippen molar-refractivity contribution in [3.63, 3.8) is 0 Å². The molecule has 0 bridgehead atoms. The highest BCUT2D eigenvalue weighted by molar-refractivity contribution is 7.15. The van der Waals surface area contributed by atoms with Crippen molar-refractivity contribution in [3.05, 3.63) is 40.7 Å². The first kappa shape index (κ1) is 12.1. The van der Waals surface area contributed by atoms with Crippen molar-refractivity contribution in [2.45, 2.75) is 13.0 Å². The maximum atomic E-state index is 13.0. The Bertz CT molecular complexity index is 530. The van der Waals surface area contributed by atoms with Crippen LogP contribution in [0.5, 0.6) is 0 Å². The predicted molar refractivity (Wildman–Crippen MR) is 58.1 cm³/mol. The van der Waals surface area contributed by atoms with Gasteiger partial charge in [0.15, 0.2) is 17.5 Å². The zero-order chi connectivity index (χ0) is 12.6. The van der Waals surface area contributed by atoms with Crippen molar-refractivity contribution in [1.29, 1.82) is 0 Å². The van der Waals surface area contributed by atoms with E-state index in [9.17, 15) is 18.3 Å². The van der Waals surface area contributed by atoms with Crippen LogP contribution < -0.4 is 0 Å². The first-order valence-corrected chi connectivity index (χ1v) is 5.59. The summed E-state index contributed by atoms with van der Waals surface area (Å²) in [4.78, 5) is 4.50. The lowest BCUT2D eigenvalue weighted by Gasteiger charge is -2.00. The molecule has 6 heteroatoms. The standard InChI is InChI=1S/C11H8F3NOS/c1-5(16)9-4-15-11(17-9)6-2-7(12)10(14)8(13)3-6/h2-5,16H,1H3. The van der Waals surface area contributed by atoms with Crippen molar-refractivity contribution >= 4 is 11.3 Å². The Morgan fingerprint density at radius 1 is 1.24 bits per heavy atom. The molecule has 1 atom stereocenters. The number of hydrogen-bond donors (Lipinski definition) is 1. The number of thiazole rings is 1. The average molecular weight is 259 g/mol. The zero-order valence-corrected chi connectivity index (χ0v) is 9.56. The molecular weight excluding hydrogens is 251 g/mol. The van der Waals surface area contributed by atoms with E-state index in [1.807, 2.05) is 0 Å².